The van der Waals surface area contributed by atoms with E-state index in [1.807, 2.05) is 30.3 Å². The van der Waals surface area contributed by atoms with Crippen LogP contribution in [0, 0.1) is 0 Å². The van der Waals surface area contributed by atoms with Crippen molar-refractivity contribution < 1.29 is 18.3 Å². The molecule has 2 aromatic carbocycles. The van der Waals surface area contributed by atoms with Crippen LogP contribution in [0.3, 0.4) is 0 Å². The van der Waals surface area contributed by atoms with Crippen LogP contribution in [-0.2, 0) is 22.9 Å². The lowest BCUT2D eigenvalue weighted by molar-refractivity contribution is 0.0548. The van der Waals surface area contributed by atoms with Crippen molar-refractivity contribution in [3.8, 4) is 11.1 Å². The highest BCUT2D eigenvalue weighted by atomic mass is 35.5. The van der Waals surface area contributed by atoms with Gasteiger partial charge in [-0.15, -0.1) is 0 Å². The van der Waals surface area contributed by atoms with Gasteiger partial charge in [0, 0.05) is 34.7 Å². The molecule has 0 aliphatic rings. The molecular weight excluding hydrogens is 514 g/mol. The standard InChI is InChI=1S/C27H28ClN3O5S/c1-5-22(32)25-24(17-9-7-6-8-10-17)21-13-18(28)11-12-20(21)26(33)30(25)15-19-14-23(37(4,35)36)31(29-19)16-27(2,3)34/h6-14,34H,5,15-16H2,1-4H3. The van der Waals surface area contributed by atoms with Gasteiger partial charge < -0.3 is 5.11 Å². The molecule has 4 rings (SSSR count). The van der Waals surface area contributed by atoms with Crippen LogP contribution in [-0.4, -0.2) is 45.5 Å². The molecule has 0 bridgehead atoms. The summed E-state index contributed by atoms with van der Waals surface area (Å²) >= 11 is 6.30. The number of rotatable bonds is 8. The Bertz CT molecular complexity index is 1670. The first-order valence-corrected chi connectivity index (χ1v) is 14.0. The first-order chi connectivity index (χ1) is 17.3. The molecule has 0 aliphatic carbocycles. The van der Waals surface area contributed by atoms with E-state index < -0.39 is 21.0 Å². The topological polar surface area (TPSA) is 111 Å². The fraction of sp³-hybridized carbons (Fsp3) is 0.296. The van der Waals surface area contributed by atoms with E-state index >= 15 is 0 Å². The fourth-order valence-electron chi connectivity index (χ4n) is 4.39. The maximum Gasteiger partial charge on any atom is 0.259 e. The summed E-state index contributed by atoms with van der Waals surface area (Å²) in [7, 11) is -3.69. The highest BCUT2D eigenvalue weighted by Gasteiger charge is 2.26. The highest BCUT2D eigenvalue weighted by molar-refractivity contribution is 7.90. The third-order valence-electron chi connectivity index (χ3n) is 5.91. The SMILES string of the molecule is CCC(=O)c1c(-c2ccccc2)c2cc(Cl)ccc2c(=O)n1Cc1cc(S(C)(=O)=O)n(CC(C)(C)O)n1. The number of pyridine rings is 1. The molecule has 4 aromatic rings. The van der Waals surface area contributed by atoms with E-state index in [4.69, 9.17) is 11.6 Å². The van der Waals surface area contributed by atoms with Crippen LogP contribution in [0.4, 0.5) is 0 Å². The Kier molecular flexibility index (Phi) is 7.16. The molecule has 10 heteroatoms. The Morgan fingerprint density at radius 3 is 2.35 bits per heavy atom. The summed E-state index contributed by atoms with van der Waals surface area (Å²) < 4.78 is 27.5. The second-order valence-corrected chi connectivity index (χ2v) is 12.1. The van der Waals surface area contributed by atoms with Gasteiger partial charge in [0.15, 0.2) is 20.6 Å². The Balaban J connectivity index is 2.04. The maximum absolute atomic E-state index is 13.8. The zero-order valence-electron chi connectivity index (χ0n) is 21.0. The van der Waals surface area contributed by atoms with Gasteiger partial charge in [-0.05, 0) is 43.0 Å². The van der Waals surface area contributed by atoms with Gasteiger partial charge in [-0.3, -0.25) is 18.8 Å². The molecule has 37 heavy (non-hydrogen) atoms. The Hall–Kier alpha value is -3.27. The molecular formula is C27H28ClN3O5S. The molecule has 0 radical (unpaired) electrons. The number of hydrogen-bond acceptors (Lipinski definition) is 6. The van der Waals surface area contributed by atoms with Gasteiger partial charge in [0.2, 0.25) is 0 Å². The van der Waals surface area contributed by atoms with Crippen molar-refractivity contribution in [3.05, 3.63) is 81.4 Å². The molecule has 0 fully saturated rings. The molecule has 194 valence electrons. The molecule has 2 heterocycles. The molecule has 0 atom stereocenters. The zero-order chi connectivity index (χ0) is 27.1. The van der Waals surface area contributed by atoms with Crippen LogP contribution in [0.15, 0.2) is 64.4 Å². The van der Waals surface area contributed by atoms with E-state index in [1.165, 1.54) is 15.3 Å². The summed E-state index contributed by atoms with van der Waals surface area (Å²) in [5.74, 6) is -0.253. The minimum atomic E-state index is -3.69. The number of hydrogen-bond donors (Lipinski definition) is 1. The van der Waals surface area contributed by atoms with Gasteiger partial charge >= 0.3 is 0 Å². The summed E-state index contributed by atoms with van der Waals surface area (Å²) in [5, 5.41) is 16.0. The molecule has 1 N–H and O–H groups in total. The molecule has 8 nitrogen and oxygen atoms in total. The number of benzene rings is 2. The van der Waals surface area contributed by atoms with Gasteiger partial charge in [0.05, 0.1) is 30.1 Å². The number of aromatic nitrogens is 3. The van der Waals surface area contributed by atoms with Gasteiger partial charge in [-0.2, -0.15) is 5.10 Å². The number of aliphatic hydroxyl groups is 1. The highest BCUT2D eigenvalue weighted by Crippen LogP contribution is 2.33. The Morgan fingerprint density at radius 2 is 1.76 bits per heavy atom. The Morgan fingerprint density at radius 1 is 1.08 bits per heavy atom. The number of nitrogens with zero attached hydrogens (tertiary/aromatic N) is 3. The summed E-state index contributed by atoms with van der Waals surface area (Å²) in [6, 6.07) is 15.6. The number of carbonyl (C=O) groups is 1. The zero-order valence-corrected chi connectivity index (χ0v) is 22.6. The maximum atomic E-state index is 13.8. The molecule has 0 spiro atoms. The van der Waals surface area contributed by atoms with Crippen molar-refractivity contribution in [1.82, 2.24) is 14.3 Å². The minimum Gasteiger partial charge on any atom is -0.389 e. The fourth-order valence-corrected chi connectivity index (χ4v) is 5.40. The normalized spacial score (nSPS) is 12.3. The van der Waals surface area contributed by atoms with E-state index in [0.29, 0.717) is 21.4 Å². The molecule has 0 aliphatic heterocycles. The van der Waals surface area contributed by atoms with E-state index in [2.05, 4.69) is 5.10 Å². The van der Waals surface area contributed by atoms with Crippen LogP contribution < -0.4 is 5.56 Å². The van der Waals surface area contributed by atoms with Gasteiger partial charge in [-0.1, -0.05) is 48.9 Å². The molecule has 2 aromatic heterocycles. The van der Waals surface area contributed by atoms with Crippen LogP contribution in [0.5, 0.6) is 0 Å². The smallest absolute Gasteiger partial charge is 0.259 e. The van der Waals surface area contributed by atoms with Crippen LogP contribution in [0.1, 0.15) is 43.4 Å². The summed E-state index contributed by atoms with van der Waals surface area (Å²) in [6.45, 7) is 4.59. The average Bonchev–Trinajstić information content (AvgIpc) is 3.21. The predicted octanol–water partition coefficient (Wildman–Crippen LogP) is 4.33. The largest absolute Gasteiger partial charge is 0.389 e. The second-order valence-electron chi connectivity index (χ2n) is 9.66. The first kappa shape index (κ1) is 26.8. The molecule has 0 saturated carbocycles. The first-order valence-electron chi connectivity index (χ1n) is 11.7. The third kappa shape index (κ3) is 5.53. The van der Waals surface area contributed by atoms with Crippen molar-refractivity contribution in [2.75, 3.05) is 6.26 Å². The monoisotopic (exact) mass is 541 g/mol. The van der Waals surface area contributed by atoms with E-state index in [9.17, 15) is 23.1 Å². The van der Waals surface area contributed by atoms with E-state index in [1.54, 1.807) is 39.0 Å². The second kappa shape index (κ2) is 9.89. The number of carbonyl (C=O) groups excluding carboxylic acids is 1. The number of fused-ring (bicyclic) bond motifs is 1. The number of halogens is 1. The van der Waals surface area contributed by atoms with Gasteiger partial charge in [-0.25, -0.2) is 8.42 Å². The summed E-state index contributed by atoms with van der Waals surface area (Å²) in [6.07, 6.45) is 1.20. The van der Waals surface area contributed by atoms with Crippen molar-refractivity contribution >= 4 is 38.0 Å². The van der Waals surface area contributed by atoms with E-state index in [-0.39, 0.29) is 41.7 Å². The van der Waals surface area contributed by atoms with Crippen LogP contribution in [0.25, 0.3) is 21.9 Å². The van der Waals surface area contributed by atoms with Crippen LogP contribution >= 0.6 is 11.6 Å². The lowest BCUT2D eigenvalue weighted by Gasteiger charge is -2.19. The average molecular weight is 542 g/mol. The van der Waals surface area contributed by atoms with Crippen molar-refractivity contribution in [2.45, 2.75) is 50.9 Å². The number of sulfone groups is 1. The number of ketones is 1. The lowest BCUT2D eigenvalue weighted by Crippen LogP contribution is -2.29. The predicted molar refractivity (Wildman–Crippen MR) is 144 cm³/mol. The lowest BCUT2D eigenvalue weighted by atomic mass is 9.94. The summed E-state index contributed by atoms with van der Waals surface area (Å²) in [5.41, 5.74) is 0.135. The quantitative estimate of drug-likeness (QED) is 0.332. The summed E-state index contributed by atoms with van der Waals surface area (Å²) in [4.78, 5) is 27.1. The minimum absolute atomic E-state index is 0.0729. The molecule has 0 saturated heterocycles. The Labute approximate surface area is 220 Å². The van der Waals surface area contributed by atoms with Crippen molar-refractivity contribution in [3.63, 3.8) is 0 Å². The molecule has 0 unspecified atom stereocenters. The third-order valence-corrected chi connectivity index (χ3v) is 7.23. The van der Waals surface area contributed by atoms with Gasteiger partial charge in [0.1, 0.15) is 0 Å². The molecule has 0 amide bonds. The van der Waals surface area contributed by atoms with E-state index in [0.717, 1.165) is 11.8 Å². The number of Topliss-reactive ketones (excluding diaryl/α,β-unsaturated/α-hetero) is 1. The van der Waals surface area contributed by atoms with Crippen molar-refractivity contribution in [2.24, 2.45) is 0 Å². The van der Waals surface area contributed by atoms with Crippen molar-refractivity contribution in [1.29, 1.82) is 0 Å². The van der Waals surface area contributed by atoms with Gasteiger partial charge in [0.25, 0.3) is 5.56 Å². The van der Waals surface area contributed by atoms with Crippen LogP contribution in [0.2, 0.25) is 5.02 Å².